The van der Waals surface area contributed by atoms with Crippen molar-refractivity contribution in [2.24, 2.45) is 0 Å². The van der Waals surface area contributed by atoms with Gasteiger partial charge in [-0.25, -0.2) is 4.79 Å². The summed E-state index contributed by atoms with van der Waals surface area (Å²) in [6, 6.07) is 9.93. The number of carbonyl (C=O) groups excluding carboxylic acids is 2. The highest BCUT2D eigenvalue weighted by molar-refractivity contribution is 8.00. The molecule has 148 valence electrons. The summed E-state index contributed by atoms with van der Waals surface area (Å²) in [5.41, 5.74) is 2.20. The van der Waals surface area contributed by atoms with Crippen molar-refractivity contribution in [3.05, 3.63) is 45.6 Å². The lowest BCUT2D eigenvalue weighted by Crippen LogP contribution is -2.35. The standard InChI is InChI=1S/C22H25NO3S2/c1-15-11-12-23(17-8-5-6-10-19(17)27-15)21(24)14-26-22(25)20-13-16-7-3-2-4-9-18(16)28-20/h5-6,8,10,13,15H,2-4,7,9,11-12,14H2,1H3/t15-/m0/s1. The highest BCUT2D eigenvalue weighted by Gasteiger charge is 2.25. The molecule has 1 aromatic heterocycles. The summed E-state index contributed by atoms with van der Waals surface area (Å²) in [6.45, 7) is 2.61. The average Bonchev–Trinajstić information content (AvgIpc) is 2.86. The summed E-state index contributed by atoms with van der Waals surface area (Å²) in [5, 5.41) is 0.447. The molecule has 1 atom stereocenters. The van der Waals surface area contributed by atoms with E-state index in [2.05, 4.69) is 6.92 Å². The predicted molar refractivity (Wildman–Crippen MR) is 115 cm³/mol. The molecule has 28 heavy (non-hydrogen) atoms. The minimum atomic E-state index is -0.378. The number of carbonyl (C=O) groups is 2. The van der Waals surface area contributed by atoms with Crippen molar-refractivity contribution in [3.8, 4) is 0 Å². The molecule has 4 nitrogen and oxygen atoms in total. The van der Waals surface area contributed by atoms with E-state index in [1.54, 1.807) is 16.7 Å². The summed E-state index contributed by atoms with van der Waals surface area (Å²) >= 11 is 3.33. The summed E-state index contributed by atoms with van der Waals surface area (Å²) < 4.78 is 5.41. The van der Waals surface area contributed by atoms with Crippen LogP contribution in [0.2, 0.25) is 0 Å². The predicted octanol–water partition coefficient (Wildman–Crippen LogP) is 5.09. The molecule has 0 bridgehead atoms. The molecule has 6 heteroatoms. The molecule has 2 heterocycles. The van der Waals surface area contributed by atoms with E-state index in [1.165, 1.54) is 41.0 Å². The van der Waals surface area contributed by atoms with Gasteiger partial charge < -0.3 is 9.64 Å². The van der Waals surface area contributed by atoms with Crippen LogP contribution in [0, 0.1) is 0 Å². The number of thiophene rings is 1. The largest absolute Gasteiger partial charge is 0.451 e. The SMILES string of the molecule is C[C@H]1CCN(C(=O)COC(=O)c2cc3c(s2)CCCCC3)c2ccccc2S1. The summed E-state index contributed by atoms with van der Waals surface area (Å²) in [7, 11) is 0. The quantitative estimate of drug-likeness (QED) is 0.517. The highest BCUT2D eigenvalue weighted by Crippen LogP contribution is 2.37. The van der Waals surface area contributed by atoms with Gasteiger partial charge in [-0.2, -0.15) is 0 Å². The Morgan fingerprint density at radius 1 is 1.18 bits per heavy atom. The summed E-state index contributed by atoms with van der Waals surface area (Å²) in [4.78, 5) is 30.2. The van der Waals surface area contributed by atoms with Crippen molar-refractivity contribution in [2.45, 2.75) is 55.6 Å². The molecule has 0 fully saturated rings. The van der Waals surface area contributed by atoms with Gasteiger partial charge in [0, 0.05) is 21.6 Å². The van der Waals surface area contributed by atoms with E-state index in [4.69, 9.17) is 4.74 Å². The fraction of sp³-hybridized carbons (Fsp3) is 0.455. The van der Waals surface area contributed by atoms with Crippen molar-refractivity contribution in [3.63, 3.8) is 0 Å². The second kappa shape index (κ2) is 8.70. The minimum Gasteiger partial charge on any atom is -0.451 e. The van der Waals surface area contributed by atoms with Crippen molar-refractivity contribution in [2.75, 3.05) is 18.1 Å². The molecular formula is C22H25NO3S2. The van der Waals surface area contributed by atoms with Crippen LogP contribution in [0.3, 0.4) is 0 Å². The highest BCUT2D eigenvalue weighted by atomic mass is 32.2. The van der Waals surface area contributed by atoms with E-state index in [0.29, 0.717) is 16.7 Å². The minimum absolute atomic E-state index is 0.159. The van der Waals surface area contributed by atoms with E-state index in [9.17, 15) is 9.59 Å². The molecule has 0 saturated carbocycles. The van der Waals surface area contributed by atoms with Gasteiger partial charge in [-0.15, -0.1) is 23.1 Å². The first-order chi connectivity index (χ1) is 13.6. The molecule has 0 radical (unpaired) electrons. The van der Waals surface area contributed by atoms with Crippen molar-refractivity contribution in [1.82, 2.24) is 0 Å². The Morgan fingerprint density at radius 3 is 2.89 bits per heavy atom. The topological polar surface area (TPSA) is 46.6 Å². The number of thioether (sulfide) groups is 1. The second-order valence-electron chi connectivity index (χ2n) is 7.43. The van der Waals surface area contributed by atoms with Gasteiger partial charge in [0.25, 0.3) is 5.91 Å². The molecule has 0 N–H and O–H groups in total. The van der Waals surface area contributed by atoms with E-state index in [0.717, 1.165) is 29.8 Å². The number of hydrogen-bond donors (Lipinski definition) is 0. The maximum absolute atomic E-state index is 12.8. The molecule has 1 aliphatic heterocycles. The van der Waals surface area contributed by atoms with Crippen molar-refractivity contribution < 1.29 is 14.3 Å². The van der Waals surface area contributed by atoms with E-state index in [-0.39, 0.29) is 18.5 Å². The zero-order valence-electron chi connectivity index (χ0n) is 16.1. The molecular weight excluding hydrogens is 390 g/mol. The second-order valence-corrected chi connectivity index (χ2v) is 10.0. The smallest absolute Gasteiger partial charge is 0.348 e. The molecule has 4 rings (SSSR count). The third-order valence-electron chi connectivity index (χ3n) is 5.32. The Hall–Kier alpha value is -1.79. The zero-order chi connectivity index (χ0) is 19.5. The van der Waals surface area contributed by atoms with Crippen LogP contribution in [0.25, 0.3) is 0 Å². The maximum atomic E-state index is 12.8. The molecule has 1 amide bonds. The Labute approximate surface area is 174 Å². The van der Waals surface area contributed by atoms with Crippen LogP contribution >= 0.6 is 23.1 Å². The van der Waals surface area contributed by atoms with Gasteiger partial charge in [-0.3, -0.25) is 4.79 Å². The number of nitrogens with zero attached hydrogens (tertiary/aromatic N) is 1. The molecule has 1 aliphatic carbocycles. The van der Waals surface area contributed by atoms with Crippen LogP contribution < -0.4 is 4.90 Å². The number of fused-ring (bicyclic) bond motifs is 2. The van der Waals surface area contributed by atoms with Crippen LogP contribution in [-0.4, -0.2) is 30.3 Å². The lowest BCUT2D eigenvalue weighted by Gasteiger charge is -2.22. The van der Waals surface area contributed by atoms with Gasteiger partial charge in [-0.05, 0) is 55.9 Å². The van der Waals surface area contributed by atoms with E-state index >= 15 is 0 Å². The van der Waals surface area contributed by atoms with Crippen LogP contribution in [0.15, 0.2) is 35.2 Å². The van der Waals surface area contributed by atoms with Crippen LogP contribution in [0.1, 0.15) is 52.7 Å². The van der Waals surface area contributed by atoms with Crippen molar-refractivity contribution in [1.29, 1.82) is 0 Å². The molecule has 2 aliphatic rings. The molecule has 0 unspecified atom stereocenters. The van der Waals surface area contributed by atoms with Crippen molar-refractivity contribution >= 4 is 40.7 Å². The van der Waals surface area contributed by atoms with Gasteiger partial charge in [0.1, 0.15) is 4.88 Å². The summed E-state index contributed by atoms with van der Waals surface area (Å²) in [5.74, 6) is -0.536. The van der Waals surface area contributed by atoms with Gasteiger partial charge in [0.15, 0.2) is 6.61 Å². The zero-order valence-corrected chi connectivity index (χ0v) is 17.7. The normalized spacial score (nSPS) is 19.2. The first-order valence-corrected chi connectivity index (χ1v) is 11.7. The number of benzene rings is 1. The molecule has 0 saturated heterocycles. The Morgan fingerprint density at radius 2 is 2.00 bits per heavy atom. The van der Waals surface area contributed by atoms with E-state index < -0.39 is 0 Å². The number of para-hydroxylation sites is 1. The van der Waals surface area contributed by atoms with Gasteiger partial charge in [0.2, 0.25) is 0 Å². The molecule has 2 aromatic rings. The van der Waals surface area contributed by atoms with E-state index in [1.807, 2.05) is 30.3 Å². The number of amides is 1. The maximum Gasteiger partial charge on any atom is 0.348 e. The first kappa shape index (κ1) is 19.5. The Balaban J connectivity index is 1.42. The number of hydrogen-bond acceptors (Lipinski definition) is 5. The average molecular weight is 416 g/mol. The lowest BCUT2D eigenvalue weighted by atomic mass is 10.1. The number of esters is 1. The van der Waals surface area contributed by atoms with Crippen LogP contribution in [0.4, 0.5) is 5.69 Å². The summed E-state index contributed by atoms with van der Waals surface area (Å²) in [6.07, 6.45) is 6.62. The van der Waals surface area contributed by atoms with Gasteiger partial charge >= 0.3 is 5.97 Å². The monoisotopic (exact) mass is 415 g/mol. The fourth-order valence-corrected chi connectivity index (χ4v) is 6.05. The third-order valence-corrected chi connectivity index (χ3v) is 7.77. The number of aryl methyl sites for hydroxylation is 2. The van der Waals surface area contributed by atoms with Crippen LogP contribution in [0.5, 0.6) is 0 Å². The molecule has 0 spiro atoms. The fourth-order valence-electron chi connectivity index (χ4n) is 3.79. The van der Waals surface area contributed by atoms with Gasteiger partial charge in [-0.1, -0.05) is 25.5 Å². The Kier molecular flexibility index (Phi) is 6.07. The number of anilines is 1. The van der Waals surface area contributed by atoms with Gasteiger partial charge in [0.05, 0.1) is 5.69 Å². The van der Waals surface area contributed by atoms with Crippen LogP contribution in [-0.2, 0) is 22.4 Å². The third kappa shape index (κ3) is 4.28. The Bertz CT molecular complexity index is 853. The lowest BCUT2D eigenvalue weighted by molar-refractivity contribution is -0.121. The number of ether oxygens (including phenoxy) is 1. The molecule has 1 aromatic carbocycles. The number of rotatable bonds is 3. The first-order valence-electron chi connectivity index (χ1n) is 9.96.